The van der Waals surface area contributed by atoms with Gasteiger partial charge in [0.25, 0.3) is 0 Å². The molecule has 0 aromatic rings. The maximum atomic E-state index is 4.12. The van der Waals surface area contributed by atoms with Crippen LogP contribution in [0.3, 0.4) is 0 Å². The normalized spacial score (nSPS) is 12.4. The van der Waals surface area contributed by atoms with Gasteiger partial charge < -0.3 is 5.01 Å². The van der Waals surface area contributed by atoms with Crippen LogP contribution < -0.4 is 0 Å². The number of nitrogens with zero attached hydrogens (tertiary/aromatic N) is 2. The highest BCUT2D eigenvalue weighted by Gasteiger charge is 2.12. The van der Waals surface area contributed by atoms with Crippen molar-refractivity contribution in [2.75, 3.05) is 20.6 Å². The summed E-state index contributed by atoms with van der Waals surface area (Å²) in [4.78, 5) is 0. The van der Waals surface area contributed by atoms with Gasteiger partial charge in [0.15, 0.2) is 0 Å². The molecule has 0 N–H and O–H groups in total. The molecule has 0 aliphatic carbocycles. The number of hydrazine groups is 1. The molecular formula is C12H24N2. The second-order valence-electron chi connectivity index (χ2n) is 4.19. The summed E-state index contributed by atoms with van der Waals surface area (Å²) in [5.74, 6) is 0.488. The third-order valence-corrected chi connectivity index (χ3v) is 2.37. The number of hydrogen-bond acceptors (Lipinski definition) is 2. The fourth-order valence-electron chi connectivity index (χ4n) is 1.13. The molecule has 0 heterocycles. The minimum Gasteiger partial charge on any atom is -0.307 e. The lowest BCUT2D eigenvalue weighted by Gasteiger charge is -2.34. The van der Waals surface area contributed by atoms with Gasteiger partial charge in [-0.15, -0.1) is 0 Å². The van der Waals surface area contributed by atoms with E-state index >= 15 is 0 Å². The number of hydrogen-bond donors (Lipinski definition) is 0. The van der Waals surface area contributed by atoms with Crippen LogP contribution in [0.2, 0.25) is 0 Å². The molecule has 0 amide bonds. The van der Waals surface area contributed by atoms with Crippen molar-refractivity contribution in [3.05, 3.63) is 23.9 Å². The monoisotopic (exact) mass is 196 g/mol. The number of rotatable bonds is 5. The van der Waals surface area contributed by atoms with Crippen molar-refractivity contribution >= 4 is 0 Å². The molecule has 2 heteroatoms. The van der Waals surface area contributed by atoms with Gasteiger partial charge in [0.2, 0.25) is 0 Å². The Labute approximate surface area is 88.9 Å². The van der Waals surface area contributed by atoms with E-state index in [9.17, 15) is 0 Å². The Bertz CT molecular complexity index is 214. The Morgan fingerprint density at radius 3 is 2.14 bits per heavy atom. The van der Waals surface area contributed by atoms with Gasteiger partial charge in [-0.2, -0.15) is 0 Å². The Morgan fingerprint density at radius 2 is 1.86 bits per heavy atom. The van der Waals surface area contributed by atoms with Gasteiger partial charge in [-0.3, -0.25) is 0 Å². The van der Waals surface area contributed by atoms with Gasteiger partial charge in [0.1, 0.15) is 0 Å². The fourth-order valence-corrected chi connectivity index (χ4v) is 1.13. The average Bonchev–Trinajstić information content (AvgIpc) is 2.11. The number of allylic oxidation sites excluding steroid dienone is 2. The van der Waals surface area contributed by atoms with Crippen molar-refractivity contribution in [3.8, 4) is 0 Å². The molecule has 0 saturated carbocycles. The van der Waals surface area contributed by atoms with Crippen LogP contribution in [0.25, 0.3) is 0 Å². The highest BCUT2D eigenvalue weighted by atomic mass is 15.6. The zero-order valence-corrected chi connectivity index (χ0v) is 10.5. The average molecular weight is 196 g/mol. The fraction of sp³-hybridized carbons (Fsp3) is 0.667. The summed E-state index contributed by atoms with van der Waals surface area (Å²) in [5, 5.41) is 4.30. The summed E-state index contributed by atoms with van der Waals surface area (Å²) in [7, 11) is 4.10. The minimum atomic E-state index is 0.488. The lowest BCUT2D eigenvalue weighted by molar-refractivity contribution is 0.0658. The topological polar surface area (TPSA) is 6.48 Å². The second-order valence-corrected chi connectivity index (χ2v) is 4.19. The van der Waals surface area contributed by atoms with Crippen molar-refractivity contribution in [2.24, 2.45) is 5.92 Å². The van der Waals surface area contributed by atoms with Crippen molar-refractivity contribution in [1.29, 1.82) is 0 Å². The molecule has 0 unspecified atom stereocenters. The van der Waals surface area contributed by atoms with Gasteiger partial charge in [-0.25, -0.2) is 5.01 Å². The van der Waals surface area contributed by atoms with E-state index in [0.29, 0.717) is 5.92 Å². The highest BCUT2D eigenvalue weighted by Crippen LogP contribution is 2.15. The van der Waals surface area contributed by atoms with Crippen LogP contribution >= 0.6 is 0 Å². The molecule has 0 atom stereocenters. The molecule has 82 valence electrons. The van der Waals surface area contributed by atoms with E-state index in [4.69, 9.17) is 0 Å². The van der Waals surface area contributed by atoms with Crippen molar-refractivity contribution in [3.63, 3.8) is 0 Å². The predicted octanol–water partition coefficient (Wildman–Crippen LogP) is 2.90. The Morgan fingerprint density at radius 1 is 1.36 bits per heavy atom. The van der Waals surface area contributed by atoms with Gasteiger partial charge >= 0.3 is 0 Å². The summed E-state index contributed by atoms with van der Waals surface area (Å²) in [6.07, 6.45) is 2.14. The molecular weight excluding hydrogens is 172 g/mol. The highest BCUT2D eigenvalue weighted by molar-refractivity contribution is 5.04. The molecule has 0 aliphatic rings. The smallest absolute Gasteiger partial charge is 0.0550 e. The summed E-state index contributed by atoms with van der Waals surface area (Å²) in [6.45, 7) is 13.6. The zero-order chi connectivity index (χ0) is 11.3. The molecule has 2 nitrogen and oxygen atoms in total. The lowest BCUT2D eigenvalue weighted by atomic mass is 10.1. The van der Waals surface area contributed by atoms with E-state index < -0.39 is 0 Å². The molecule has 0 saturated heterocycles. The quantitative estimate of drug-likeness (QED) is 0.493. The van der Waals surface area contributed by atoms with Crippen LogP contribution in [0, 0.1) is 5.92 Å². The Balaban J connectivity index is 4.53. The third-order valence-electron chi connectivity index (χ3n) is 2.37. The van der Waals surface area contributed by atoms with Crippen molar-refractivity contribution < 1.29 is 0 Å². The predicted molar refractivity (Wildman–Crippen MR) is 63.8 cm³/mol. The Kier molecular flexibility index (Phi) is 5.55. The molecule has 0 fully saturated rings. The first-order valence-electron chi connectivity index (χ1n) is 5.15. The Hall–Kier alpha value is -0.760. The molecule has 0 rings (SSSR count). The summed E-state index contributed by atoms with van der Waals surface area (Å²) in [6, 6.07) is 0. The van der Waals surface area contributed by atoms with E-state index in [0.717, 1.165) is 12.2 Å². The second kappa shape index (κ2) is 5.86. The summed E-state index contributed by atoms with van der Waals surface area (Å²) >= 11 is 0. The van der Waals surface area contributed by atoms with Gasteiger partial charge in [0.05, 0.1) is 6.54 Å². The first-order valence-corrected chi connectivity index (χ1v) is 5.15. The maximum absolute atomic E-state index is 4.12. The van der Waals surface area contributed by atoms with Crippen LogP contribution in [0.5, 0.6) is 0 Å². The third kappa shape index (κ3) is 3.97. The molecule has 0 radical (unpaired) electrons. The maximum Gasteiger partial charge on any atom is 0.0550 e. The lowest BCUT2D eigenvalue weighted by Crippen LogP contribution is -2.38. The van der Waals surface area contributed by atoms with E-state index in [2.05, 4.69) is 64.5 Å². The van der Waals surface area contributed by atoms with Gasteiger partial charge in [-0.05, 0) is 19.8 Å². The van der Waals surface area contributed by atoms with Crippen LogP contribution in [-0.2, 0) is 0 Å². The molecule has 0 aromatic carbocycles. The first-order chi connectivity index (χ1) is 6.40. The van der Waals surface area contributed by atoms with Crippen LogP contribution in [0.1, 0.15) is 27.7 Å². The standard InChI is InChI=1S/C12H24N2/c1-8-11(4)9-14(13(6)7)12(5)10(2)3/h8,10H,5,9H2,1-4,6-7H3/b11-8+. The molecule has 0 bridgehead atoms. The van der Waals surface area contributed by atoms with Crippen LogP contribution in [-0.4, -0.2) is 30.7 Å². The first kappa shape index (κ1) is 13.2. The van der Waals surface area contributed by atoms with Gasteiger partial charge in [-0.1, -0.05) is 32.1 Å². The van der Waals surface area contributed by atoms with E-state index in [1.165, 1.54) is 5.57 Å². The van der Waals surface area contributed by atoms with Crippen LogP contribution in [0.15, 0.2) is 23.9 Å². The largest absolute Gasteiger partial charge is 0.307 e. The van der Waals surface area contributed by atoms with E-state index in [1.807, 2.05) is 0 Å². The van der Waals surface area contributed by atoms with E-state index in [1.54, 1.807) is 0 Å². The van der Waals surface area contributed by atoms with E-state index in [-0.39, 0.29) is 0 Å². The van der Waals surface area contributed by atoms with Crippen LogP contribution in [0.4, 0.5) is 0 Å². The molecule has 0 aliphatic heterocycles. The zero-order valence-electron chi connectivity index (χ0n) is 10.5. The SMILES string of the molecule is C=C(C(C)C)N(C/C(C)=C/C)N(C)C. The van der Waals surface area contributed by atoms with Gasteiger partial charge in [0, 0.05) is 19.8 Å². The van der Waals surface area contributed by atoms with Crippen molar-refractivity contribution in [1.82, 2.24) is 10.0 Å². The molecule has 14 heavy (non-hydrogen) atoms. The summed E-state index contributed by atoms with van der Waals surface area (Å²) < 4.78 is 0. The summed E-state index contributed by atoms with van der Waals surface area (Å²) in [5.41, 5.74) is 2.52. The molecule has 0 aromatic heterocycles. The van der Waals surface area contributed by atoms with Crippen molar-refractivity contribution in [2.45, 2.75) is 27.7 Å². The molecule has 0 spiro atoms. The minimum absolute atomic E-state index is 0.488.